The van der Waals surface area contributed by atoms with Gasteiger partial charge in [0.1, 0.15) is 0 Å². The van der Waals surface area contributed by atoms with Crippen LogP contribution in [-0.2, 0) is 9.84 Å². The third-order valence-electron chi connectivity index (χ3n) is 2.87. The molecule has 0 spiro atoms. The van der Waals surface area contributed by atoms with Gasteiger partial charge in [-0.15, -0.1) is 0 Å². The normalized spacial score (nSPS) is 30.3. The van der Waals surface area contributed by atoms with E-state index >= 15 is 0 Å². The van der Waals surface area contributed by atoms with Gasteiger partial charge in [0, 0.05) is 3.92 Å². The topological polar surface area (TPSA) is 34.1 Å². The molecule has 0 amide bonds. The summed E-state index contributed by atoms with van der Waals surface area (Å²) < 4.78 is 24.1. The molecule has 0 saturated heterocycles. The van der Waals surface area contributed by atoms with Crippen molar-refractivity contribution in [3.63, 3.8) is 0 Å². The maximum Gasteiger partial charge on any atom is 0.159 e. The molecule has 0 aromatic carbocycles. The van der Waals surface area contributed by atoms with Crippen LogP contribution in [-0.4, -0.2) is 22.3 Å². The van der Waals surface area contributed by atoms with E-state index in [-0.39, 0.29) is 5.25 Å². The maximum absolute atomic E-state index is 12.2. The SMILES string of the molecule is CC(C)(C)S(=O)(=O)C1CCCCC1I. The Bertz CT molecular complexity index is 290. The van der Waals surface area contributed by atoms with Crippen molar-refractivity contribution >= 4 is 32.4 Å². The Kier molecular flexibility index (Phi) is 3.89. The fraction of sp³-hybridized carbons (Fsp3) is 1.00. The molecule has 84 valence electrons. The molecule has 1 aliphatic rings. The molecule has 2 nitrogen and oxygen atoms in total. The summed E-state index contributed by atoms with van der Waals surface area (Å²) in [6.45, 7) is 5.42. The van der Waals surface area contributed by atoms with Gasteiger partial charge in [0.2, 0.25) is 0 Å². The molecular weight excluding hydrogens is 311 g/mol. The molecule has 0 heterocycles. The second-order valence-corrected chi connectivity index (χ2v) is 9.52. The summed E-state index contributed by atoms with van der Waals surface area (Å²) in [5.74, 6) is 0. The molecular formula is C10H19IO2S. The highest BCUT2D eigenvalue weighted by atomic mass is 127. The predicted molar refractivity (Wildman–Crippen MR) is 68.7 cm³/mol. The van der Waals surface area contributed by atoms with Crippen LogP contribution in [0.3, 0.4) is 0 Å². The fourth-order valence-corrected chi connectivity index (χ4v) is 5.72. The first kappa shape index (κ1) is 12.7. The highest BCUT2D eigenvalue weighted by Crippen LogP contribution is 2.34. The van der Waals surface area contributed by atoms with Gasteiger partial charge in [0.15, 0.2) is 9.84 Å². The third kappa shape index (κ3) is 2.43. The summed E-state index contributed by atoms with van der Waals surface area (Å²) in [4.78, 5) is 0. The second-order valence-electron chi connectivity index (χ2n) is 5.00. The Morgan fingerprint density at radius 2 is 1.64 bits per heavy atom. The molecule has 0 aromatic rings. The van der Waals surface area contributed by atoms with Crippen molar-refractivity contribution in [3.05, 3.63) is 0 Å². The highest BCUT2D eigenvalue weighted by Gasteiger charge is 2.41. The summed E-state index contributed by atoms with van der Waals surface area (Å²) in [6, 6.07) is 0. The van der Waals surface area contributed by atoms with Crippen molar-refractivity contribution in [1.29, 1.82) is 0 Å². The first-order chi connectivity index (χ1) is 6.27. The van der Waals surface area contributed by atoms with E-state index in [1.54, 1.807) is 20.8 Å². The lowest BCUT2D eigenvalue weighted by Crippen LogP contribution is -2.43. The lowest BCUT2D eigenvalue weighted by atomic mass is 10.0. The van der Waals surface area contributed by atoms with Gasteiger partial charge in [-0.25, -0.2) is 8.42 Å². The zero-order valence-corrected chi connectivity index (χ0v) is 12.1. The number of alkyl halides is 1. The van der Waals surface area contributed by atoms with Crippen LogP contribution in [0.2, 0.25) is 0 Å². The van der Waals surface area contributed by atoms with E-state index in [2.05, 4.69) is 22.6 Å². The predicted octanol–water partition coefficient (Wildman–Crippen LogP) is 2.95. The van der Waals surface area contributed by atoms with E-state index in [9.17, 15) is 8.42 Å². The molecule has 2 atom stereocenters. The number of sulfone groups is 1. The van der Waals surface area contributed by atoms with Crippen LogP contribution in [0, 0.1) is 0 Å². The maximum atomic E-state index is 12.2. The largest absolute Gasteiger partial charge is 0.228 e. The summed E-state index contributed by atoms with van der Waals surface area (Å²) in [5.41, 5.74) is 0. The molecule has 0 radical (unpaired) electrons. The molecule has 1 aliphatic carbocycles. The molecule has 2 unspecified atom stereocenters. The minimum absolute atomic E-state index is 0.114. The van der Waals surface area contributed by atoms with E-state index in [0.29, 0.717) is 3.92 Å². The minimum atomic E-state index is -2.96. The molecule has 14 heavy (non-hydrogen) atoms. The standard InChI is InChI=1S/C10H19IO2S/c1-10(2,3)14(12,13)9-7-5-4-6-8(9)11/h8-9H,4-7H2,1-3H3. The van der Waals surface area contributed by atoms with E-state index in [0.717, 1.165) is 19.3 Å². The van der Waals surface area contributed by atoms with Crippen LogP contribution in [0.15, 0.2) is 0 Å². The summed E-state index contributed by atoms with van der Waals surface area (Å²) in [7, 11) is -2.96. The van der Waals surface area contributed by atoms with Gasteiger partial charge >= 0.3 is 0 Å². The summed E-state index contributed by atoms with van der Waals surface area (Å²) in [5, 5.41) is -0.114. The molecule has 0 aromatic heterocycles. The second kappa shape index (κ2) is 4.28. The molecule has 4 heteroatoms. The van der Waals surface area contributed by atoms with Gasteiger partial charge in [-0.3, -0.25) is 0 Å². The van der Waals surface area contributed by atoms with Crippen LogP contribution in [0.25, 0.3) is 0 Å². The summed E-state index contributed by atoms with van der Waals surface area (Å²) in [6.07, 6.45) is 4.16. The fourth-order valence-electron chi connectivity index (χ4n) is 1.86. The van der Waals surface area contributed by atoms with Crippen LogP contribution in [0.1, 0.15) is 46.5 Å². The molecule has 0 N–H and O–H groups in total. The average Bonchev–Trinajstić information content (AvgIpc) is 2.02. The Balaban J connectivity index is 2.92. The lowest BCUT2D eigenvalue weighted by molar-refractivity contribution is 0.485. The molecule has 1 fully saturated rings. The minimum Gasteiger partial charge on any atom is -0.228 e. The lowest BCUT2D eigenvalue weighted by Gasteiger charge is -2.32. The average molecular weight is 330 g/mol. The van der Waals surface area contributed by atoms with Crippen molar-refractivity contribution in [2.75, 3.05) is 0 Å². The van der Waals surface area contributed by atoms with E-state index in [4.69, 9.17) is 0 Å². The molecule has 0 aliphatic heterocycles. The van der Waals surface area contributed by atoms with Crippen molar-refractivity contribution < 1.29 is 8.42 Å². The van der Waals surface area contributed by atoms with Crippen LogP contribution < -0.4 is 0 Å². The monoisotopic (exact) mass is 330 g/mol. The Labute approximate surface area is 101 Å². The van der Waals surface area contributed by atoms with E-state index in [1.807, 2.05) is 0 Å². The van der Waals surface area contributed by atoms with Gasteiger partial charge in [-0.2, -0.15) is 0 Å². The van der Waals surface area contributed by atoms with Gasteiger partial charge in [-0.05, 0) is 33.6 Å². The molecule has 0 bridgehead atoms. The smallest absolute Gasteiger partial charge is 0.159 e. The summed E-state index contributed by atoms with van der Waals surface area (Å²) >= 11 is 2.30. The zero-order chi connectivity index (χ0) is 11.0. The van der Waals surface area contributed by atoms with Crippen molar-refractivity contribution in [3.8, 4) is 0 Å². The van der Waals surface area contributed by atoms with Crippen LogP contribution in [0.5, 0.6) is 0 Å². The highest BCUT2D eigenvalue weighted by molar-refractivity contribution is 14.1. The molecule has 1 saturated carbocycles. The molecule has 1 rings (SSSR count). The Morgan fingerprint density at radius 1 is 1.14 bits per heavy atom. The number of hydrogen-bond acceptors (Lipinski definition) is 2. The number of rotatable bonds is 1. The van der Waals surface area contributed by atoms with Crippen LogP contribution in [0.4, 0.5) is 0 Å². The van der Waals surface area contributed by atoms with Gasteiger partial charge in [-0.1, -0.05) is 35.4 Å². The van der Waals surface area contributed by atoms with Gasteiger partial charge in [0.25, 0.3) is 0 Å². The third-order valence-corrected chi connectivity index (χ3v) is 7.92. The zero-order valence-electron chi connectivity index (χ0n) is 9.09. The number of hydrogen-bond donors (Lipinski definition) is 0. The first-order valence-electron chi connectivity index (χ1n) is 5.14. The quantitative estimate of drug-likeness (QED) is 0.547. The van der Waals surface area contributed by atoms with E-state index in [1.165, 1.54) is 6.42 Å². The Hall–Kier alpha value is 0.680. The van der Waals surface area contributed by atoms with Crippen molar-refractivity contribution in [2.45, 2.75) is 60.4 Å². The van der Waals surface area contributed by atoms with Crippen LogP contribution >= 0.6 is 22.6 Å². The number of halogens is 1. The van der Waals surface area contributed by atoms with E-state index < -0.39 is 14.6 Å². The van der Waals surface area contributed by atoms with Crippen molar-refractivity contribution in [1.82, 2.24) is 0 Å². The first-order valence-corrected chi connectivity index (χ1v) is 7.93. The van der Waals surface area contributed by atoms with Crippen molar-refractivity contribution in [2.24, 2.45) is 0 Å². The Morgan fingerprint density at radius 3 is 2.07 bits per heavy atom. The van der Waals surface area contributed by atoms with Gasteiger partial charge < -0.3 is 0 Å². The van der Waals surface area contributed by atoms with Gasteiger partial charge in [0.05, 0.1) is 10.00 Å².